The Hall–Kier alpha value is -2.76. The van der Waals surface area contributed by atoms with E-state index in [1.54, 1.807) is 32.2 Å². The highest BCUT2D eigenvalue weighted by Gasteiger charge is 2.21. The highest BCUT2D eigenvalue weighted by atomic mass is 16.5. The molecule has 0 atom stereocenters. The number of rotatable bonds is 6. The largest absolute Gasteiger partial charge is 0.504 e. The molecule has 0 aliphatic heterocycles. The first-order valence-corrected chi connectivity index (χ1v) is 7.82. The van der Waals surface area contributed by atoms with Gasteiger partial charge in [-0.2, -0.15) is 0 Å². The van der Waals surface area contributed by atoms with Crippen molar-refractivity contribution in [2.24, 2.45) is 7.05 Å². The number of unbranched alkanes of at least 4 members (excludes halogenated alkanes) is 1. The van der Waals surface area contributed by atoms with Gasteiger partial charge in [-0.05, 0) is 25.5 Å². The lowest BCUT2D eigenvalue weighted by Crippen LogP contribution is -2.21. The topological polar surface area (TPSA) is 77.8 Å². The number of carbonyl (C=O) groups is 1. The van der Waals surface area contributed by atoms with Crippen LogP contribution in [-0.2, 0) is 11.8 Å². The van der Waals surface area contributed by atoms with Gasteiger partial charge < -0.3 is 19.1 Å². The summed E-state index contributed by atoms with van der Waals surface area (Å²) in [6.45, 7) is 4.03. The molecule has 0 unspecified atom stereocenters. The van der Waals surface area contributed by atoms with Gasteiger partial charge in [0.25, 0.3) is 5.56 Å². The summed E-state index contributed by atoms with van der Waals surface area (Å²) in [7, 11) is 1.57. The molecule has 0 bridgehead atoms. The van der Waals surface area contributed by atoms with Gasteiger partial charge in [0, 0.05) is 7.05 Å². The van der Waals surface area contributed by atoms with E-state index in [9.17, 15) is 14.7 Å². The second kappa shape index (κ2) is 7.68. The molecule has 128 valence electrons. The Morgan fingerprint density at radius 1 is 1.38 bits per heavy atom. The predicted molar refractivity (Wildman–Crippen MR) is 91.5 cm³/mol. The van der Waals surface area contributed by atoms with Crippen molar-refractivity contribution in [1.29, 1.82) is 0 Å². The molecule has 0 spiro atoms. The monoisotopic (exact) mass is 331 g/mol. The fraction of sp³-hybridized carbons (Fsp3) is 0.333. The zero-order valence-corrected chi connectivity index (χ0v) is 14.0. The van der Waals surface area contributed by atoms with E-state index >= 15 is 0 Å². The molecule has 0 fully saturated rings. The van der Waals surface area contributed by atoms with Crippen molar-refractivity contribution in [2.45, 2.75) is 26.7 Å². The van der Waals surface area contributed by atoms with Crippen LogP contribution in [0.15, 0.2) is 35.3 Å². The van der Waals surface area contributed by atoms with Gasteiger partial charge in [0.2, 0.25) is 5.75 Å². The number of benzene rings is 1. The number of hydrogen-bond donors (Lipinski definition) is 1. The van der Waals surface area contributed by atoms with Crippen LogP contribution in [0.5, 0.6) is 11.5 Å². The van der Waals surface area contributed by atoms with Crippen molar-refractivity contribution in [3.8, 4) is 11.5 Å². The van der Waals surface area contributed by atoms with E-state index in [0.29, 0.717) is 12.1 Å². The molecule has 2 rings (SSSR count). The number of ether oxygens (including phenoxy) is 2. The molecule has 1 aromatic carbocycles. The summed E-state index contributed by atoms with van der Waals surface area (Å²) in [4.78, 5) is 24.6. The summed E-state index contributed by atoms with van der Waals surface area (Å²) in [5, 5.41) is 10.8. The van der Waals surface area contributed by atoms with Crippen LogP contribution in [-0.4, -0.2) is 22.2 Å². The fourth-order valence-corrected chi connectivity index (χ4v) is 2.36. The SMILES string of the molecule is CC=COC(=O)c1cccc2c1c(O)c(OCCCC)c(=O)n2C. The number of pyridine rings is 1. The Bertz CT molecular complexity index is 835. The quantitative estimate of drug-likeness (QED) is 0.500. The number of esters is 1. The number of aromatic hydroxyl groups is 1. The van der Waals surface area contributed by atoms with E-state index in [4.69, 9.17) is 9.47 Å². The molecular formula is C18H21NO5. The minimum atomic E-state index is -0.618. The Labute approximate surface area is 139 Å². The highest BCUT2D eigenvalue weighted by molar-refractivity contribution is 6.07. The lowest BCUT2D eigenvalue weighted by atomic mass is 10.1. The molecule has 2 aromatic rings. The molecule has 1 heterocycles. The first kappa shape index (κ1) is 17.6. The van der Waals surface area contributed by atoms with E-state index in [2.05, 4.69) is 0 Å². The van der Waals surface area contributed by atoms with Crippen molar-refractivity contribution < 1.29 is 19.4 Å². The molecule has 6 nitrogen and oxygen atoms in total. The summed E-state index contributed by atoms with van der Waals surface area (Å²) in [6, 6.07) is 4.82. The molecule has 1 aromatic heterocycles. The number of hydrogen-bond acceptors (Lipinski definition) is 5. The lowest BCUT2D eigenvalue weighted by Gasteiger charge is -2.14. The molecule has 6 heteroatoms. The third-order valence-corrected chi connectivity index (χ3v) is 3.63. The minimum Gasteiger partial charge on any atom is -0.504 e. The number of allylic oxidation sites excluding steroid dienone is 1. The standard InChI is InChI=1S/C18H21NO5/c1-4-6-11-23-16-15(20)14-12(18(22)24-10-5-2)8-7-9-13(14)19(3)17(16)21/h5,7-10,20H,4,6,11H2,1-3H3. The van der Waals surface area contributed by atoms with Crippen LogP contribution in [0.25, 0.3) is 10.9 Å². The molecule has 0 saturated carbocycles. The summed E-state index contributed by atoms with van der Waals surface area (Å²) in [6.07, 6.45) is 4.50. The maximum absolute atomic E-state index is 12.4. The lowest BCUT2D eigenvalue weighted by molar-refractivity contribution is 0.0664. The van der Waals surface area contributed by atoms with Gasteiger partial charge in [0.15, 0.2) is 5.75 Å². The second-order valence-electron chi connectivity index (χ2n) is 5.32. The van der Waals surface area contributed by atoms with Crippen molar-refractivity contribution in [3.05, 3.63) is 46.5 Å². The third-order valence-electron chi connectivity index (χ3n) is 3.63. The molecule has 0 radical (unpaired) electrons. The molecular weight excluding hydrogens is 310 g/mol. The van der Waals surface area contributed by atoms with Gasteiger partial charge >= 0.3 is 5.97 Å². The Morgan fingerprint density at radius 3 is 2.79 bits per heavy atom. The normalized spacial score (nSPS) is 11.1. The Balaban J connectivity index is 2.66. The van der Waals surface area contributed by atoms with E-state index in [1.807, 2.05) is 6.92 Å². The van der Waals surface area contributed by atoms with Crippen LogP contribution in [0.1, 0.15) is 37.0 Å². The van der Waals surface area contributed by atoms with Gasteiger partial charge in [-0.15, -0.1) is 0 Å². The Kier molecular flexibility index (Phi) is 5.63. The van der Waals surface area contributed by atoms with Crippen LogP contribution in [0.4, 0.5) is 0 Å². The van der Waals surface area contributed by atoms with Crippen LogP contribution >= 0.6 is 0 Å². The fourth-order valence-electron chi connectivity index (χ4n) is 2.36. The number of aryl methyl sites for hydroxylation is 1. The van der Waals surface area contributed by atoms with Crippen LogP contribution in [0, 0.1) is 0 Å². The number of aromatic nitrogens is 1. The number of fused-ring (bicyclic) bond motifs is 1. The molecule has 0 amide bonds. The van der Waals surface area contributed by atoms with Crippen molar-refractivity contribution in [1.82, 2.24) is 4.57 Å². The van der Waals surface area contributed by atoms with Gasteiger partial charge in [-0.1, -0.05) is 25.5 Å². The summed E-state index contributed by atoms with van der Waals surface area (Å²) >= 11 is 0. The van der Waals surface area contributed by atoms with Crippen molar-refractivity contribution >= 4 is 16.9 Å². The predicted octanol–water partition coefficient (Wildman–Crippen LogP) is 3.11. The maximum atomic E-state index is 12.4. The van der Waals surface area contributed by atoms with Crippen LogP contribution in [0.3, 0.4) is 0 Å². The van der Waals surface area contributed by atoms with Gasteiger partial charge in [-0.25, -0.2) is 4.79 Å². The van der Waals surface area contributed by atoms with E-state index in [1.165, 1.54) is 16.9 Å². The zero-order valence-electron chi connectivity index (χ0n) is 14.0. The van der Waals surface area contributed by atoms with Crippen molar-refractivity contribution in [3.63, 3.8) is 0 Å². The smallest absolute Gasteiger partial charge is 0.343 e. The summed E-state index contributed by atoms with van der Waals surface area (Å²) in [5.74, 6) is -1.10. The minimum absolute atomic E-state index is 0.148. The number of nitrogens with zero attached hydrogens (tertiary/aromatic N) is 1. The average molecular weight is 331 g/mol. The van der Waals surface area contributed by atoms with Crippen LogP contribution in [0.2, 0.25) is 0 Å². The molecule has 1 N–H and O–H groups in total. The summed E-state index contributed by atoms with van der Waals surface area (Å²) < 4.78 is 11.8. The first-order chi connectivity index (χ1) is 11.5. The van der Waals surface area contributed by atoms with Crippen LogP contribution < -0.4 is 10.3 Å². The van der Waals surface area contributed by atoms with Gasteiger partial charge in [0.1, 0.15) is 0 Å². The Morgan fingerprint density at radius 2 is 2.12 bits per heavy atom. The zero-order chi connectivity index (χ0) is 17.7. The van der Waals surface area contributed by atoms with Crippen molar-refractivity contribution in [2.75, 3.05) is 6.61 Å². The molecule has 24 heavy (non-hydrogen) atoms. The number of carbonyl (C=O) groups excluding carboxylic acids is 1. The molecule has 0 aliphatic carbocycles. The van der Waals surface area contributed by atoms with E-state index in [-0.39, 0.29) is 22.4 Å². The highest BCUT2D eigenvalue weighted by Crippen LogP contribution is 2.34. The van der Waals surface area contributed by atoms with E-state index in [0.717, 1.165) is 12.8 Å². The van der Waals surface area contributed by atoms with Gasteiger partial charge in [-0.3, -0.25) is 4.79 Å². The second-order valence-corrected chi connectivity index (χ2v) is 5.32. The van der Waals surface area contributed by atoms with Gasteiger partial charge in [0.05, 0.1) is 29.3 Å². The molecule has 0 saturated heterocycles. The maximum Gasteiger partial charge on any atom is 0.343 e. The average Bonchev–Trinajstić information content (AvgIpc) is 2.60. The first-order valence-electron chi connectivity index (χ1n) is 7.82. The third kappa shape index (κ3) is 3.27. The van der Waals surface area contributed by atoms with E-state index < -0.39 is 11.5 Å². The summed E-state index contributed by atoms with van der Waals surface area (Å²) in [5.41, 5.74) is 0.143. The molecule has 0 aliphatic rings.